The van der Waals surface area contributed by atoms with Crippen LogP contribution in [-0.4, -0.2) is 30.2 Å². The molecule has 98 valence electrons. The highest BCUT2D eigenvalue weighted by Gasteiger charge is 2.76. The lowest BCUT2D eigenvalue weighted by Crippen LogP contribution is -2.51. The Bertz CT molecular complexity index is 411. The summed E-state index contributed by atoms with van der Waals surface area (Å²) in [4.78, 5) is 0. The number of nitrogens with zero attached hydrogens (tertiary/aromatic N) is 1. The molecule has 18 heavy (non-hydrogen) atoms. The van der Waals surface area contributed by atoms with Gasteiger partial charge in [0.15, 0.2) is 0 Å². The van der Waals surface area contributed by atoms with Crippen molar-refractivity contribution < 1.29 is 4.48 Å². The predicted octanol–water partition coefficient (Wildman–Crippen LogP) is 3.36. The Balaban J connectivity index is 1.65. The van der Waals surface area contributed by atoms with Crippen LogP contribution in [0.3, 0.4) is 0 Å². The van der Waals surface area contributed by atoms with Crippen molar-refractivity contribution in [2.45, 2.75) is 51.5 Å². The van der Waals surface area contributed by atoms with E-state index in [1.165, 1.54) is 36.7 Å². The van der Waals surface area contributed by atoms with Crippen molar-refractivity contribution >= 4 is 0 Å². The van der Waals surface area contributed by atoms with E-state index in [0.717, 1.165) is 28.7 Å². The summed E-state index contributed by atoms with van der Waals surface area (Å²) in [6, 6.07) is 0.960. The van der Waals surface area contributed by atoms with Crippen LogP contribution in [0.2, 0.25) is 0 Å². The zero-order valence-corrected chi connectivity index (χ0v) is 11.7. The average Bonchev–Trinajstić information content (AvgIpc) is 3.06. The molecule has 0 amide bonds. The molecule has 0 aromatic carbocycles. The van der Waals surface area contributed by atoms with Gasteiger partial charge in [-0.3, -0.25) is 0 Å². The number of allylic oxidation sites excluding steroid dienone is 2. The molecule has 1 nitrogen and oxygen atoms in total. The van der Waals surface area contributed by atoms with Crippen LogP contribution in [0.15, 0.2) is 12.2 Å². The molecule has 2 bridgehead atoms. The molecular formula is C17H26N+. The molecule has 2 saturated carbocycles. The lowest BCUT2D eigenvalue weighted by Gasteiger charge is -2.38. The maximum absolute atomic E-state index is 2.62. The minimum atomic E-state index is 0.755. The van der Waals surface area contributed by atoms with Crippen molar-refractivity contribution in [3.63, 3.8) is 0 Å². The molecule has 4 fully saturated rings. The third-order valence-electron chi connectivity index (χ3n) is 8.09. The van der Waals surface area contributed by atoms with Crippen LogP contribution in [0, 0.1) is 22.7 Å². The third-order valence-corrected chi connectivity index (χ3v) is 8.09. The molecule has 0 aromatic rings. The standard InChI is InChI=1S/C17H26N/c1-13-4-2-9-18(13)11-16-7-3-8-17(16,12-18)15-6-5-14(16)10-15/h5-6,13-15H,2-4,7-12H2,1H3/q+1. The van der Waals surface area contributed by atoms with Gasteiger partial charge in [0.2, 0.25) is 0 Å². The Kier molecular flexibility index (Phi) is 1.69. The van der Waals surface area contributed by atoms with Gasteiger partial charge < -0.3 is 4.48 Å². The minimum absolute atomic E-state index is 0.755. The lowest BCUT2D eigenvalue weighted by molar-refractivity contribution is -0.932. The van der Waals surface area contributed by atoms with E-state index >= 15 is 0 Å². The molecule has 2 saturated heterocycles. The summed E-state index contributed by atoms with van der Waals surface area (Å²) in [5.74, 6) is 1.94. The van der Waals surface area contributed by atoms with Crippen LogP contribution in [0.1, 0.15) is 45.4 Å². The average molecular weight is 244 g/mol. The van der Waals surface area contributed by atoms with E-state index in [2.05, 4.69) is 19.1 Å². The van der Waals surface area contributed by atoms with E-state index in [-0.39, 0.29) is 0 Å². The van der Waals surface area contributed by atoms with E-state index < -0.39 is 0 Å². The molecule has 0 N–H and O–H groups in total. The molecule has 2 heterocycles. The van der Waals surface area contributed by atoms with Gasteiger partial charge in [-0.2, -0.15) is 0 Å². The molecule has 1 heteroatoms. The zero-order valence-electron chi connectivity index (χ0n) is 11.7. The monoisotopic (exact) mass is 244 g/mol. The first kappa shape index (κ1) is 10.5. The maximum atomic E-state index is 2.62. The van der Waals surface area contributed by atoms with E-state index in [0.29, 0.717) is 0 Å². The van der Waals surface area contributed by atoms with Crippen LogP contribution >= 0.6 is 0 Å². The van der Waals surface area contributed by atoms with Gasteiger partial charge in [0.05, 0.1) is 25.7 Å². The number of fused-ring (bicyclic) bond motifs is 2. The molecule has 5 aliphatic rings. The predicted molar refractivity (Wildman–Crippen MR) is 73.0 cm³/mol. The van der Waals surface area contributed by atoms with E-state index in [1.807, 2.05) is 0 Å². The summed E-state index contributed by atoms with van der Waals surface area (Å²) in [6.07, 6.45) is 14.4. The molecule has 0 aromatic heterocycles. The first-order valence-corrected chi connectivity index (χ1v) is 8.25. The molecular weight excluding hydrogens is 218 g/mol. The van der Waals surface area contributed by atoms with Gasteiger partial charge in [0.1, 0.15) is 0 Å². The fourth-order valence-electron chi connectivity index (χ4n) is 7.40. The van der Waals surface area contributed by atoms with E-state index in [1.54, 1.807) is 25.9 Å². The molecule has 5 unspecified atom stereocenters. The lowest BCUT2D eigenvalue weighted by atomic mass is 9.62. The van der Waals surface area contributed by atoms with Crippen LogP contribution < -0.4 is 0 Å². The Morgan fingerprint density at radius 2 is 1.67 bits per heavy atom. The van der Waals surface area contributed by atoms with Crippen LogP contribution in [0.25, 0.3) is 0 Å². The number of rotatable bonds is 0. The van der Waals surface area contributed by atoms with Crippen LogP contribution in [-0.2, 0) is 0 Å². The second-order valence-electron chi connectivity index (χ2n) is 8.25. The Morgan fingerprint density at radius 3 is 2.22 bits per heavy atom. The van der Waals surface area contributed by atoms with E-state index in [9.17, 15) is 0 Å². The summed E-state index contributed by atoms with van der Waals surface area (Å²) < 4.78 is 1.52. The normalized spacial score (nSPS) is 63.9. The molecule has 2 aliphatic heterocycles. The Hall–Kier alpha value is -0.300. The van der Waals surface area contributed by atoms with Crippen molar-refractivity contribution in [2.75, 3.05) is 19.6 Å². The molecule has 1 spiro atoms. The molecule has 3 aliphatic carbocycles. The summed E-state index contributed by atoms with van der Waals surface area (Å²) in [6.45, 7) is 7.16. The highest BCUT2D eigenvalue weighted by atomic mass is 15.4. The second kappa shape index (κ2) is 2.90. The number of quaternary nitrogens is 1. The highest BCUT2D eigenvalue weighted by molar-refractivity contribution is 5.28. The minimum Gasteiger partial charge on any atom is -0.320 e. The van der Waals surface area contributed by atoms with Crippen molar-refractivity contribution in [2.24, 2.45) is 22.7 Å². The van der Waals surface area contributed by atoms with Crippen molar-refractivity contribution in [3.05, 3.63) is 12.2 Å². The number of hydrogen-bond acceptors (Lipinski definition) is 0. The fourth-order valence-corrected chi connectivity index (χ4v) is 7.40. The van der Waals surface area contributed by atoms with Gasteiger partial charge in [0, 0.05) is 23.7 Å². The van der Waals surface area contributed by atoms with Gasteiger partial charge in [-0.1, -0.05) is 18.6 Å². The van der Waals surface area contributed by atoms with Gasteiger partial charge >= 0.3 is 0 Å². The Morgan fingerprint density at radius 1 is 1.00 bits per heavy atom. The highest BCUT2D eigenvalue weighted by Crippen LogP contribution is 2.75. The van der Waals surface area contributed by atoms with Gasteiger partial charge in [-0.25, -0.2) is 0 Å². The van der Waals surface area contributed by atoms with Crippen molar-refractivity contribution in [1.82, 2.24) is 0 Å². The van der Waals surface area contributed by atoms with Crippen LogP contribution in [0.5, 0.6) is 0 Å². The Labute approximate surface area is 111 Å². The first-order valence-electron chi connectivity index (χ1n) is 8.25. The summed E-state index contributed by atoms with van der Waals surface area (Å²) in [7, 11) is 0. The molecule has 5 atom stereocenters. The van der Waals surface area contributed by atoms with Crippen molar-refractivity contribution in [3.8, 4) is 0 Å². The van der Waals surface area contributed by atoms with Gasteiger partial charge in [0.25, 0.3) is 0 Å². The quantitative estimate of drug-likeness (QED) is 0.453. The number of hydrogen-bond donors (Lipinski definition) is 0. The van der Waals surface area contributed by atoms with Gasteiger partial charge in [-0.05, 0) is 38.0 Å². The second-order valence-corrected chi connectivity index (χ2v) is 8.25. The maximum Gasteiger partial charge on any atom is 0.0864 e. The first-order chi connectivity index (χ1) is 8.71. The van der Waals surface area contributed by atoms with E-state index in [4.69, 9.17) is 0 Å². The SMILES string of the molecule is CC1CCC[N+]12CC13CCCC1(C2)C1C=CC3C1. The topological polar surface area (TPSA) is 0 Å². The van der Waals surface area contributed by atoms with Gasteiger partial charge in [-0.15, -0.1) is 0 Å². The largest absolute Gasteiger partial charge is 0.320 e. The summed E-state index contributed by atoms with van der Waals surface area (Å²) in [5.41, 5.74) is 1.51. The zero-order chi connectivity index (χ0) is 12.0. The molecule has 0 radical (unpaired) electrons. The van der Waals surface area contributed by atoms with Crippen molar-refractivity contribution in [1.29, 1.82) is 0 Å². The third kappa shape index (κ3) is 0.863. The summed E-state index contributed by atoms with van der Waals surface area (Å²) in [5, 5.41) is 0. The fraction of sp³-hybridized carbons (Fsp3) is 0.882. The van der Waals surface area contributed by atoms with Crippen LogP contribution in [0.4, 0.5) is 0 Å². The molecule has 5 rings (SSSR count). The summed E-state index contributed by atoms with van der Waals surface area (Å²) >= 11 is 0. The smallest absolute Gasteiger partial charge is 0.0864 e.